The van der Waals surface area contributed by atoms with E-state index in [0.29, 0.717) is 6.04 Å². The van der Waals surface area contributed by atoms with Gasteiger partial charge in [0.25, 0.3) is 0 Å². The van der Waals surface area contributed by atoms with E-state index in [-0.39, 0.29) is 6.10 Å². The van der Waals surface area contributed by atoms with Crippen LogP contribution < -0.4 is 10.6 Å². The lowest BCUT2D eigenvalue weighted by Crippen LogP contribution is -2.37. The summed E-state index contributed by atoms with van der Waals surface area (Å²) in [5, 5.41) is 0. The molecule has 0 aliphatic carbocycles. The molecule has 1 aromatic heterocycles. The monoisotopic (exact) mass is 207 g/mol. The van der Waals surface area contributed by atoms with Crippen LogP contribution in [0, 0.1) is 0 Å². The highest BCUT2D eigenvalue weighted by Crippen LogP contribution is 2.26. The molecule has 2 atom stereocenters. The quantitative estimate of drug-likeness (QED) is 0.793. The van der Waals surface area contributed by atoms with E-state index in [9.17, 15) is 0 Å². The van der Waals surface area contributed by atoms with Crippen LogP contribution in [0.5, 0.6) is 0 Å². The molecule has 0 radical (unpaired) electrons. The SMILES string of the molecule is CC1OCCC1N(C)c1ncccc1N. The molecule has 0 spiro atoms. The number of nitrogen functional groups attached to an aromatic ring is 1. The summed E-state index contributed by atoms with van der Waals surface area (Å²) in [6, 6.07) is 4.10. The Hall–Kier alpha value is -1.29. The predicted octanol–water partition coefficient (Wildman–Crippen LogP) is 1.28. The first-order valence-corrected chi connectivity index (χ1v) is 5.25. The van der Waals surface area contributed by atoms with Crippen molar-refractivity contribution in [3.63, 3.8) is 0 Å². The Kier molecular flexibility index (Phi) is 2.77. The Balaban J connectivity index is 2.20. The summed E-state index contributed by atoms with van der Waals surface area (Å²) in [6.45, 7) is 2.91. The molecule has 82 valence electrons. The third-order valence-electron chi connectivity index (χ3n) is 2.98. The van der Waals surface area contributed by atoms with Gasteiger partial charge >= 0.3 is 0 Å². The average molecular weight is 207 g/mol. The van der Waals surface area contributed by atoms with Crippen molar-refractivity contribution in [3.8, 4) is 0 Å². The lowest BCUT2D eigenvalue weighted by molar-refractivity contribution is 0.118. The molecule has 4 heteroatoms. The molecule has 1 fully saturated rings. The second-order valence-corrected chi connectivity index (χ2v) is 3.96. The van der Waals surface area contributed by atoms with Gasteiger partial charge in [-0.3, -0.25) is 0 Å². The molecule has 15 heavy (non-hydrogen) atoms. The largest absolute Gasteiger partial charge is 0.396 e. The van der Waals surface area contributed by atoms with E-state index in [1.54, 1.807) is 6.20 Å². The van der Waals surface area contributed by atoms with E-state index >= 15 is 0 Å². The van der Waals surface area contributed by atoms with Gasteiger partial charge in [-0.2, -0.15) is 0 Å². The van der Waals surface area contributed by atoms with Crippen molar-refractivity contribution in [2.45, 2.75) is 25.5 Å². The van der Waals surface area contributed by atoms with E-state index in [2.05, 4.69) is 16.8 Å². The number of nitrogens with two attached hydrogens (primary N) is 1. The molecule has 1 aliphatic heterocycles. The van der Waals surface area contributed by atoms with Gasteiger partial charge in [0.2, 0.25) is 0 Å². The normalized spacial score (nSPS) is 25.5. The highest BCUT2D eigenvalue weighted by atomic mass is 16.5. The van der Waals surface area contributed by atoms with Gasteiger partial charge in [-0.1, -0.05) is 0 Å². The number of anilines is 2. The van der Waals surface area contributed by atoms with E-state index in [1.165, 1.54) is 0 Å². The van der Waals surface area contributed by atoms with E-state index < -0.39 is 0 Å². The molecule has 0 bridgehead atoms. The van der Waals surface area contributed by atoms with Crippen LogP contribution >= 0.6 is 0 Å². The number of hydrogen-bond acceptors (Lipinski definition) is 4. The molecule has 0 amide bonds. The number of ether oxygens (including phenoxy) is 1. The molecule has 2 rings (SSSR count). The second-order valence-electron chi connectivity index (χ2n) is 3.96. The number of hydrogen-bond donors (Lipinski definition) is 1. The topological polar surface area (TPSA) is 51.4 Å². The van der Waals surface area contributed by atoms with Crippen molar-refractivity contribution >= 4 is 11.5 Å². The first-order chi connectivity index (χ1) is 7.20. The third-order valence-corrected chi connectivity index (χ3v) is 2.98. The smallest absolute Gasteiger partial charge is 0.151 e. The standard InChI is InChI=1S/C11H17N3O/c1-8-10(5-7-15-8)14(2)11-9(12)4-3-6-13-11/h3-4,6,8,10H,5,7,12H2,1-2H3. The van der Waals surface area contributed by atoms with Gasteiger partial charge in [0.1, 0.15) is 0 Å². The minimum absolute atomic E-state index is 0.247. The minimum atomic E-state index is 0.247. The lowest BCUT2D eigenvalue weighted by Gasteiger charge is -2.28. The van der Waals surface area contributed by atoms with Crippen LogP contribution in [0.2, 0.25) is 0 Å². The summed E-state index contributed by atoms with van der Waals surface area (Å²) in [4.78, 5) is 6.42. The maximum Gasteiger partial charge on any atom is 0.151 e. The van der Waals surface area contributed by atoms with Gasteiger partial charge in [0.05, 0.1) is 17.8 Å². The molecule has 1 aromatic rings. The zero-order chi connectivity index (χ0) is 10.8. The number of nitrogens with zero attached hydrogens (tertiary/aromatic N) is 2. The van der Waals surface area contributed by atoms with Gasteiger partial charge in [-0.05, 0) is 25.5 Å². The Morgan fingerprint density at radius 1 is 1.60 bits per heavy atom. The fraction of sp³-hybridized carbons (Fsp3) is 0.545. The molecule has 4 nitrogen and oxygen atoms in total. The molecule has 0 aromatic carbocycles. The summed E-state index contributed by atoms with van der Waals surface area (Å²) in [5.41, 5.74) is 6.61. The van der Waals surface area contributed by atoms with Gasteiger partial charge in [-0.15, -0.1) is 0 Å². The van der Waals surface area contributed by atoms with E-state index in [0.717, 1.165) is 24.5 Å². The van der Waals surface area contributed by atoms with Crippen LogP contribution in [0.15, 0.2) is 18.3 Å². The van der Waals surface area contributed by atoms with Crippen LogP contribution in [-0.4, -0.2) is 30.8 Å². The first-order valence-electron chi connectivity index (χ1n) is 5.25. The Labute approximate surface area is 90.0 Å². The Morgan fingerprint density at radius 3 is 3.00 bits per heavy atom. The zero-order valence-corrected chi connectivity index (χ0v) is 9.18. The van der Waals surface area contributed by atoms with Crippen LogP contribution in [-0.2, 0) is 4.74 Å². The molecule has 0 saturated carbocycles. The van der Waals surface area contributed by atoms with Gasteiger partial charge in [0.15, 0.2) is 5.82 Å². The second kappa shape index (κ2) is 4.06. The van der Waals surface area contributed by atoms with Crippen LogP contribution in [0.1, 0.15) is 13.3 Å². The van der Waals surface area contributed by atoms with Crippen molar-refractivity contribution in [2.24, 2.45) is 0 Å². The minimum Gasteiger partial charge on any atom is -0.396 e. The van der Waals surface area contributed by atoms with Crippen molar-refractivity contribution in [3.05, 3.63) is 18.3 Å². The summed E-state index contributed by atoms with van der Waals surface area (Å²) < 4.78 is 5.54. The highest BCUT2D eigenvalue weighted by Gasteiger charge is 2.29. The summed E-state index contributed by atoms with van der Waals surface area (Å²) >= 11 is 0. The maximum atomic E-state index is 5.89. The van der Waals surface area contributed by atoms with Gasteiger partial charge in [0, 0.05) is 19.9 Å². The van der Waals surface area contributed by atoms with Crippen LogP contribution in [0.25, 0.3) is 0 Å². The number of pyridine rings is 1. The number of likely N-dealkylation sites (N-methyl/N-ethyl adjacent to an activating group) is 1. The van der Waals surface area contributed by atoms with Crippen molar-refractivity contribution in [1.82, 2.24) is 4.98 Å². The number of rotatable bonds is 2. The lowest BCUT2D eigenvalue weighted by atomic mass is 10.1. The first kappa shape index (κ1) is 10.2. The van der Waals surface area contributed by atoms with Gasteiger partial charge < -0.3 is 15.4 Å². The molecule has 1 saturated heterocycles. The summed E-state index contributed by atoms with van der Waals surface area (Å²) in [6.07, 6.45) is 3.05. The van der Waals surface area contributed by atoms with Gasteiger partial charge in [-0.25, -0.2) is 4.98 Å². The average Bonchev–Trinajstić information content (AvgIpc) is 2.64. The fourth-order valence-corrected chi connectivity index (χ4v) is 2.09. The summed E-state index contributed by atoms with van der Waals surface area (Å²) in [7, 11) is 2.02. The molecule has 2 heterocycles. The molecular weight excluding hydrogens is 190 g/mol. The molecule has 2 unspecified atom stereocenters. The highest BCUT2D eigenvalue weighted by molar-refractivity contribution is 5.62. The summed E-state index contributed by atoms with van der Waals surface area (Å²) in [5.74, 6) is 0.847. The maximum absolute atomic E-state index is 5.89. The third kappa shape index (κ3) is 1.90. The van der Waals surface area contributed by atoms with Crippen LogP contribution in [0.3, 0.4) is 0 Å². The Bertz CT molecular complexity index is 342. The Morgan fingerprint density at radius 2 is 2.40 bits per heavy atom. The van der Waals surface area contributed by atoms with Crippen molar-refractivity contribution < 1.29 is 4.74 Å². The predicted molar refractivity (Wildman–Crippen MR) is 60.9 cm³/mol. The van der Waals surface area contributed by atoms with Crippen molar-refractivity contribution in [1.29, 1.82) is 0 Å². The fourth-order valence-electron chi connectivity index (χ4n) is 2.09. The molecular formula is C11H17N3O. The molecule has 1 aliphatic rings. The van der Waals surface area contributed by atoms with E-state index in [1.807, 2.05) is 19.2 Å². The van der Waals surface area contributed by atoms with Crippen molar-refractivity contribution in [2.75, 3.05) is 24.3 Å². The zero-order valence-electron chi connectivity index (χ0n) is 9.18. The number of aromatic nitrogens is 1. The molecule has 2 N–H and O–H groups in total. The van der Waals surface area contributed by atoms with E-state index in [4.69, 9.17) is 10.5 Å². The van der Waals surface area contributed by atoms with Crippen LogP contribution in [0.4, 0.5) is 11.5 Å².